The van der Waals surface area contributed by atoms with Crippen molar-refractivity contribution in [1.82, 2.24) is 5.32 Å². The smallest absolute Gasteiger partial charge is 0.261 e. The molecule has 90 valence electrons. The number of nitrogens with one attached hydrogen (secondary N) is 1. The van der Waals surface area contributed by atoms with E-state index in [2.05, 4.69) is 5.32 Å². The molecule has 0 saturated heterocycles. The van der Waals surface area contributed by atoms with Crippen molar-refractivity contribution < 1.29 is 13.2 Å². The largest absolute Gasteiger partial charge is 0.351 e. The minimum Gasteiger partial charge on any atom is -0.351 e. The van der Waals surface area contributed by atoms with Gasteiger partial charge >= 0.3 is 0 Å². The van der Waals surface area contributed by atoms with Crippen LogP contribution in [0.5, 0.6) is 0 Å². The summed E-state index contributed by atoms with van der Waals surface area (Å²) < 4.78 is 21.2. The van der Waals surface area contributed by atoms with Crippen LogP contribution in [0.4, 0.5) is 0 Å². The van der Waals surface area contributed by atoms with Gasteiger partial charge in [-0.15, -0.1) is 11.3 Å². The van der Waals surface area contributed by atoms with Crippen LogP contribution >= 0.6 is 11.3 Å². The summed E-state index contributed by atoms with van der Waals surface area (Å²) in [6.07, 6.45) is 0.328. The number of nitrogens with two attached hydrogens (primary N) is 1. The number of primary sulfonamides is 1. The molecule has 0 aromatic carbocycles. The first-order valence-electron chi connectivity index (χ1n) is 4.73. The normalized spacial score (nSPS) is 11.4. The van der Waals surface area contributed by atoms with E-state index in [1.54, 1.807) is 6.07 Å². The van der Waals surface area contributed by atoms with Gasteiger partial charge in [-0.25, -0.2) is 13.6 Å². The van der Waals surface area contributed by atoms with Crippen LogP contribution < -0.4 is 10.5 Å². The molecule has 7 heteroatoms. The predicted molar refractivity (Wildman–Crippen MR) is 64.0 cm³/mol. The van der Waals surface area contributed by atoms with Crippen LogP contribution in [0, 0.1) is 6.92 Å². The maximum atomic E-state index is 11.5. The maximum absolute atomic E-state index is 11.5. The van der Waals surface area contributed by atoms with Crippen LogP contribution in [0.25, 0.3) is 0 Å². The van der Waals surface area contributed by atoms with Crippen molar-refractivity contribution in [3.05, 3.63) is 21.9 Å². The standard InChI is InChI=1S/C9H14N2O3S2/c1-7-3-4-8(15-7)9(12)11-5-2-6-16(10,13)14/h3-4H,2,5-6H2,1H3,(H,11,12)(H2,10,13,14). The summed E-state index contributed by atoms with van der Waals surface area (Å²) in [5, 5.41) is 7.46. The molecule has 3 N–H and O–H groups in total. The summed E-state index contributed by atoms with van der Waals surface area (Å²) in [5.74, 6) is -0.288. The van der Waals surface area contributed by atoms with Crippen molar-refractivity contribution in [2.45, 2.75) is 13.3 Å². The topological polar surface area (TPSA) is 89.3 Å². The zero-order valence-electron chi connectivity index (χ0n) is 8.89. The molecule has 1 rings (SSSR count). The predicted octanol–water partition coefficient (Wildman–Crippen LogP) is 0.465. The lowest BCUT2D eigenvalue weighted by Crippen LogP contribution is -2.26. The third-order valence-electron chi connectivity index (χ3n) is 1.86. The molecule has 1 heterocycles. The van der Waals surface area contributed by atoms with Crippen molar-refractivity contribution in [1.29, 1.82) is 0 Å². The molecule has 0 saturated carbocycles. The molecule has 5 nitrogen and oxygen atoms in total. The molecule has 16 heavy (non-hydrogen) atoms. The van der Waals surface area contributed by atoms with Gasteiger partial charge in [0.1, 0.15) is 0 Å². The quantitative estimate of drug-likeness (QED) is 0.756. The van der Waals surface area contributed by atoms with E-state index in [1.165, 1.54) is 11.3 Å². The molecule has 1 aromatic rings. The highest BCUT2D eigenvalue weighted by Gasteiger charge is 2.07. The second-order valence-corrected chi connectivity index (χ2v) is 6.41. The Morgan fingerprint density at radius 2 is 2.19 bits per heavy atom. The summed E-state index contributed by atoms with van der Waals surface area (Å²) in [7, 11) is -3.43. The van der Waals surface area contributed by atoms with Gasteiger partial charge in [-0.2, -0.15) is 0 Å². The molecule has 0 bridgehead atoms. The fourth-order valence-electron chi connectivity index (χ4n) is 1.12. The van der Waals surface area contributed by atoms with Crippen LogP contribution in [0.1, 0.15) is 21.0 Å². The highest BCUT2D eigenvalue weighted by atomic mass is 32.2. The molecule has 0 fully saturated rings. The number of carbonyl (C=O) groups excluding carboxylic acids is 1. The first-order chi connectivity index (χ1) is 7.38. The van der Waals surface area contributed by atoms with Crippen LogP contribution in [-0.4, -0.2) is 26.6 Å². The molecule has 0 unspecified atom stereocenters. The second kappa shape index (κ2) is 5.42. The lowest BCUT2D eigenvalue weighted by Gasteiger charge is -2.02. The van der Waals surface area contributed by atoms with Crippen LogP contribution in [0.3, 0.4) is 0 Å². The molecule has 0 aliphatic heterocycles. The second-order valence-electron chi connectivity index (χ2n) is 3.39. The van der Waals surface area contributed by atoms with Crippen molar-refractivity contribution in [3.8, 4) is 0 Å². The number of thiophene rings is 1. The fraction of sp³-hybridized carbons (Fsp3) is 0.444. The Morgan fingerprint density at radius 1 is 1.50 bits per heavy atom. The minimum absolute atomic E-state index is 0.114. The Kier molecular flexibility index (Phi) is 4.45. The average Bonchev–Trinajstić information content (AvgIpc) is 2.57. The van der Waals surface area contributed by atoms with E-state index in [1.807, 2.05) is 13.0 Å². The first-order valence-corrected chi connectivity index (χ1v) is 7.27. The van der Waals surface area contributed by atoms with Crippen LogP contribution in [0.15, 0.2) is 12.1 Å². The first kappa shape index (κ1) is 13.1. The summed E-state index contributed by atoms with van der Waals surface area (Å²) in [6, 6.07) is 3.61. The van der Waals surface area contributed by atoms with Crippen LogP contribution in [0.2, 0.25) is 0 Å². The van der Waals surface area contributed by atoms with Gasteiger partial charge in [0, 0.05) is 11.4 Å². The summed E-state index contributed by atoms with van der Waals surface area (Å²) >= 11 is 1.40. The summed E-state index contributed by atoms with van der Waals surface area (Å²) in [4.78, 5) is 13.2. The molecule has 1 amide bonds. The van der Waals surface area contributed by atoms with Crippen molar-refractivity contribution in [3.63, 3.8) is 0 Å². The zero-order valence-corrected chi connectivity index (χ0v) is 10.5. The lowest BCUT2D eigenvalue weighted by atomic mass is 10.4. The number of aryl methyl sites for hydroxylation is 1. The molecule has 0 radical (unpaired) electrons. The van der Waals surface area contributed by atoms with Gasteiger partial charge in [-0.1, -0.05) is 0 Å². The van der Waals surface area contributed by atoms with E-state index in [-0.39, 0.29) is 11.7 Å². The van der Waals surface area contributed by atoms with E-state index in [0.29, 0.717) is 17.8 Å². The molecule has 0 aliphatic carbocycles. The van der Waals surface area contributed by atoms with Gasteiger partial charge in [0.2, 0.25) is 10.0 Å². The number of hydrogen-bond acceptors (Lipinski definition) is 4. The summed E-state index contributed by atoms with van der Waals surface area (Å²) in [5.41, 5.74) is 0. The van der Waals surface area contributed by atoms with E-state index >= 15 is 0 Å². The van der Waals surface area contributed by atoms with Gasteiger partial charge in [-0.05, 0) is 25.5 Å². The van der Waals surface area contributed by atoms with E-state index in [9.17, 15) is 13.2 Å². The molecular weight excluding hydrogens is 248 g/mol. The average molecular weight is 262 g/mol. The fourth-order valence-corrected chi connectivity index (χ4v) is 2.45. The Labute approximate surface area is 98.7 Å². The Bertz CT molecular complexity index is 465. The molecule has 0 aliphatic rings. The van der Waals surface area contributed by atoms with Crippen molar-refractivity contribution in [2.75, 3.05) is 12.3 Å². The van der Waals surface area contributed by atoms with Gasteiger partial charge in [-0.3, -0.25) is 4.79 Å². The summed E-state index contributed by atoms with van der Waals surface area (Å²) in [6.45, 7) is 2.23. The van der Waals surface area contributed by atoms with E-state index in [4.69, 9.17) is 5.14 Å². The Balaban J connectivity index is 2.31. The number of rotatable bonds is 5. The SMILES string of the molecule is Cc1ccc(C(=O)NCCCS(N)(=O)=O)s1. The maximum Gasteiger partial charge on any atom is 0.261 e. The number of hydrogen-bond donors (Lipinski definition) is 2. The van der Waals surface area contributed by atoms with Crippen molar-refractivity contribution >= 4 is 27.3 Å². The van der Waals surface area contributed by atoms with Crippen LogP contribution in [-0.2, 0) is 10.0 Å². The molecular formula is C9H14N2O3S2. The third kappa shape index (κ3) is 4.73. The molecule has 0 atom stereocenters. The number of carbonyl (C=O) groups is 1. The van der Waals surface area contributed by atoms with Crippen molar-refractivity contribution in [2.24, 2.45) is 5.14 Å². The van der Waals surface area contributed by atoms with Gasteiger partial charge in [0.05, 0.1) is 10.6 Å². The zero-order chi connectivity index (χ0) is 12.2. The van der Waals surface area contributed by atoms with Gasteiger partial charge in [0.25, 0.3) is 5.91 Å². The third-order valence-corrected chi connectivity index (χ3v) is 3.71. The van der Waals surface area contributed by atoms with Gasteiger partial charge < -0.3 is 5.32 Å². The minimum atomic E-state index is -3.43. The Hall–Kier alpha value is -0.920. The number of amides is 1. The van der Waals surface area contributed by atoms with Gasteiger partial charge in [0.15, 0.2) is 0 Å². The molecule has 0 spiro atoms. The van der Waals surface area contributed by atoms with E-state index in [0.717, 1.165) is 4.88 Å². The number of sulfonamides is 1. The Morgan fingerprint density at radius 3 is 2.69 bits per heavy atom. The molecule has 1 aromatic heterocycles. The lowest BCUT2D eigenvalue weighted by molar-refractivity contribution is 0.0957. The highest BCUT2D eigenvalue weighted by molar-refractivity contribution is 7.89. The highest BCUT2D eigenvalue weighted by Crippen LogP contribution is 2.14. The van der Waals surface area contributed by atoms with E-state index < -0.39 is 10.0 Å². The monoisotopic (exact) mass is 262 g/mol.